The van der Waals surface area contributed by atoms with Gasteiger partial charge in [-0.15, -0.1) is 0 Å². The van der Waals surface area contributed by atoms with Crippen molar-refractivity contribution in [3.63, 3.8) is 0 Å². The molecule has 0 amide bonds. The Morgan fingerprint density at radius 1 is 1.08 bits per heavy atom. The highest BCUT2D eigenvalue weighted by Gasteiger charge is 2.12. The summed E-state index contributed by atoms with van der Waals surface area (Å²) in [4.78, 5) is 6.43. The van der Waals surface area contributed by atoms with E-state index >= 15 is 0 Å². The second kappa shape index (κ2) is 8.10. The van der Waals surface area contributed by atoms with Crippen molar-refractivity contribution in [2.24, 2.45) is 0 Å². The van der Waals surface area contributed by atoms with Crippen molar-refractivity contribution < 1.29 is 13.7 Å². The molecule has 3 rings (SSSR count). The lowest BCUT2D eigenvalue weighted by molar-refractivity contribution is 0.260. The monoisotopic (exact) mass is 355 g/mol. The number of benzene rings is 2. The maximum Gasteiger partial charge on any atom is 0.241 e. The Hall–Kier alpha value is -2.73. The summed E-state index contributed by atoms with van der Waals surface area (Å²) in [5, 5.41) is 4.05. The van der Waals surface area contributed by atoms with Crippen molar-refractivity contribution >= 4 is 0 Å². The maximum absolute atomic E-state index is 13.8. The van der Waals surface area contributed by atoms with Crippen LogP contribution in [0.3, 0.4) is 0 Å². The predicted octanol–water partition coefficient (Wildman–Crippen LogP) is 4.08. The second-order valence-electron chi connectivity index (χ2n) is 6.20. The summed E-state index contributed by atoms with van der Waals surface area (Å²) in [7, 11) is 3.37. The number of aromatic nitrogens is 2. The predicted molar refractivity (Wildman–Crippen MR) is 97.2 cm³/mol. The summed E-state index contributed by atoms with van der Waals surface area (Å²) in [6, 6.07) is 13.1. The number of methoxy groups -OCH3 is 1. The molecule has 5 nitrogen and oxygen atoms in total. The molecule has 2 aromatic carbocycles. The summed E-state index contributed by atoms with van der Waals surface area (Å²) in [5.74, 6) is 0.976. The van der Waals surface area contributed by atoms with Crippen molar-refractivity contribution in [3.8, 4) is 17.1 Å². The Labute approximate surface area is 152 Å². The zero-order chi connectivity index (χ0) is 18.5. The van der Waals surface area contributed by atoms with E-state index in [1.165, 1.54) is 18.7 Å². The minimum atomic E-state index is -0.367. The molecule has 0 saturated heterocycles. The molecule has 0 aliphatic rings. The van der Waals surface area contributed by atoms with Crippen LogP contribution in [-0.2, 0) is 19.5 Å². The summed E-state index contributed by atoms with van der Waals surface area (Å²) in [6.07, 6.45) is 0.995. The molecule has 0 aliphatic heterocycles. The normalized spacial score (nSPS) is 11.1. The van der Waals surface area contributed by atoms with E-state index < -0.39 is 0 Å². The van der Waals surface area contributed by atoms with Gasteiger partial charge in [-0.05, 0) is 36.7 Å². The van der Waals surface area contributed by atoms with Gasteiger partial charge >= 0.3 is 0 Å². The van der Waals surface area contributed by atoms with Gasteiger partial charge in [0.25, 0.3) is 0 Å². The lowest BCUT2D eigenvalue weighted by Gasteiger charge is -2.14. The molecule has 0 N–H and O–H groups in total. The molecule has 6 heteroatoms. The van der Waals surface area contributed by atoms with Crippen LogP contribution in [0.2, 0.25) is 0 Å². The molecule has 0 aliphatic carbocycles. The largest absolute Gasteiger partial charge is 0.494 e. The highest BCUT2D eigenvalue weighted by molar-refractivity contribution is 5.54. The van der Waals surface area contributed by atoms with Crippen LogP contribution in [-0.4, -0.2) is 29.2 Å². The third-order valence-corrected chi connectivity index (χ3v) is 4.16. The molecule has 0 spiro atoms. The molecule has 136 valence electrons. The van der Waals surface area contributed by atoms with Gasteiger partial charge in [-0.2, -0.15) is 4.98 Å². The van der Waals surface area contributed by atoms with Crippen LogP contribution < -0.4 is 4.74 Å². The van der Waals surface area contributed by atoms with Gasteiger partial charge in [-0.25, -0.2) is 4.39 Å². The fourth-order valence-corrected chi connectivity index (χ4v) is 2.73. The Bertz CT molecular complexity index is 862. The van der Waals surface area contributed by atoms with Gasteiger partial charge in [0.1, 0.15) is 0 Å². The molecule has 0 bridgehead atoms. The van der Waals surface area contributed by atoms with Gasteiger partial charge in [-0.3, -0.25) is 4.90 Å². The lowest BCUT2D eigenvalue weighted by atomic mass is 10.1. The van der Waals surface area contributed by atoms with E-state index in [9.17, 15) is 4.39 Å². The molecular weight excluding hydrogens is 333 g/mol. The number of nitrogens with zero attached hydrogens (tertiary/aromatic N) is 3. The fraction of sp³-hybridized carbons (Fsp3) is 0.300. The van der Waals surface area contributed by atoms with E-state index in [-0.39, 0.29) is 11.6 Å². The Morgan fingerprint density at radius 3 is 2.46 bits per heavy atom. The van der Waals surface area contributed by atoms with Crippen molar-refractivity contribution in [3.05, 3.63) is 65.3 Å². The minimum Gasteiger partial charge on any atom is -0.494 e. The molecule has 3 aromatic rings. The number of rotatable bonds is 7. The molecule has 26 heavy (non-hydrogen) atoms. The van der Waals surface area contributed by atoms with E-state index in [0.717, 1.165) is 17.5 Å². The Morgan fingerprint density at radius 2 is 1.81 bits per heavy atom. The molecule has 0 fully saturated rings. The lowest BCUT2D eigenvalue weighted by Crippen LogP contribution is -2.17. The summed E-state index contributed by atoms with van der Waals surface area (Å²) >= 11 is 0. The zero-order valence-electron chi connectivity index (χ0n) is 15.2. The van der Waals surface area contributed by atoms with Crippen molar-refractivity contribution in [1.29, 1.82) is 0 Å². The summed E-state index contributed by atoms with van der Waals surface area (Å²) in [6.45, 7) is 3.16. The molecule has 0 unspecified atom stereocenters. The average Bonchev–Trinajstić information content (AvgIpc) is 3.10. The number of aryl methyl sites for hydroxylation is 1. The van der Waals surface area contributed by atoms with Crippen LogP contribution in [0.1, 0.15) is 23.9 Å². The minimum absolute atomic E-state index is 0.243. The molecular formula is C20H22FN3O2. The molecule has 0 radical (unpaired) electrons. The van der Waals surface area contributed by atoms with Gasteiger partial charge in [0.05, 0.1) is 13.7 Å². The quantitative estimate of drug-likeness (QED) is 0.639. The molecule has 1 heterocycles. The zero-order valence-corrected chi connectivity index (χ0v) is 15.2. The summed E-state index contributed by atoms with van der Waals surface area (Å²) < 4.78 is 24.1. The van der Waals surface area contributed by atoms with E-state index in [1.807, 2.05) is 30.1 Å². The van der Waals surface area contributed by atoms with Crippen LogP contribution in [0.5, 0.6) is 5.75 Å². The molecule has 0 atom stereocenters. The van der Waals surface area contributed by atoms with Crippen LogP contribution in [0.15, 0.2) is 47.0 Å². The number of hydrogen-bond donors (Lipinski definition) is 0. The van der Waals surface area contributed by atoms with Crippen LogP contribution in [0.4, 0.5) is 4.39 Å². The topological polar surface area (TPSA) is 51.4 Å². The first kappa shape index (κ1) is 18.1. The number of hydrogen-bond acceptors (Lipinski definition) is 5. The number of ether oxygens (including phenoxy) is 1. The fourth-order valence-electron chi connectivity index (χ4n) is 2.73. The second-order valence-corrected chi connectivity index (χ2v) is 6.20. The standard InChI is InChI=1S/C20H22FN3O2/c1-4-14-5-8-16(9-6-14)20-22-19(26-23-20)13-24(2)12-15-7-10-18(25-3)17(21)11-15/h5-11H,4,12-13H2,1-3H3. The molecule has 0 saturated carbocycles. The number of halogens is 1. The van der Waals surface area contributed by atoms with E-state index in [4.69, 9.17) is 9.26 Å². The molecule has 1 aromatic heterocycles. The van der Waals surface area contributed by atoms with Crippen molar-refractivity contribution in [2.75, 3.05) is 14.2 Å². The van der Waals surface area contributed by atoms with Crippen molar-refractivity contribution in [1.82, 2.24) is 15.0 Å². The average molecular weight is 355 g/mol. The smallest absolute Gasteiger partial charge is 0.241 e. The van der Waals surface area contributed by atoms with E-state index in [2.05, 4.69) is 29.2 Å². The first-order valence-electron chi connectivity index (χ1n) is 8.52. The van der Waals surface area contributed by atoms with Crippen molar-refractivity contribution in [2.45, 2.75) is 26.4 Å². The van der Waals surface area contributed by atoms with Crippen LogP contribution in [0, 0.1) is 5.82 Å². The van der Waals surface area contributed by atoms with Gasteiger partial charge in [0.2, 0.25) is 11.7 Å². The maximum atomic E-state index is 13.8. The Balaban J connectivity index is 1.63. The first-order valence-corrected chi connectivity index (χ1v) is 8.52. The highest BCUT2D eigenvalue weighted by Crippen LogP contribution is 2.20. The third-order valence-electron chi connectivity index (χ3n) is 4.16. The van der Waals surface area contributed by atoms with Crippen LogP contribution >= 0.6 is 0 Å². The first-order chi connectivity index (χ1) is 12.6. The van der Waals surface area contributed by atoms with E-state index in [1.54, 1.807) is 6.07 Å². The third kappa shape index (κ3) is 4.26. The highest BCUT2D eigenvalue weighted by atomic mass is 19.1. The Kier molecular flexibility index (Phi) is 5.63. The van der Waals surface area contributed by atoms with Gasteiger partial charge < -0.3 is 9.26 Å². The van der Waals surface area contributed by atoms with Gasteiger partial charge in [0, 0.05) is 12.1 Å². The van der Waals surface area contributed by atoms with Crippen LogP contribution in [0.25, 0.3) is 11.4 Å². The van der Waals surface area contributed by atoms with Gasteiger partial charge in [-0.1, -0.05) is 42.4 Å². The summed E-state index contributed by atoms with van der Waals surface area (Å²) in [5.41, 5.74) is 3.04. The van der Waals surface area contributed by atoms with E-state index in [0.29, 0.717) is 24.8 Å². The SMILES string of the molecule is CCc1ccc(-c2noc(CN(C)Cc3ccc(OC)c(F)c3)n2)cc1. The van der Waals surface area contributed by atoms with Gasteiger partial charge in [0.15, 0.2) is 11.6 Å².